The molecule has 0 saturated carbocycles. The van der Waals surface area contributed by atoms with Crippen molar-refractivity contribution in [3.63, 3.8) is 0 Å². The third-order valence-corrected chi connectivity index (χ3v) is 3.69. The predicted molar refractivity (Wildman–Crippen MR) is 96.2 cm³/mol. The molecule has 0 saturated heterocycles. The van der Waals surface area contributed by atoms with E-state index in [1.807, 2.05) is 4.90 Å². The first-order chi connectivity index (χ1) is 11.0. The fraction of sp³-hybridized carbons (Fsp3) is 0.529. The van der Waals surface area contributed by atoms with E-state index in [2.05, 4.69) is 24.5 Å². The molecule has 1 aromatic carbocycles. The van der Waals surface area contributed by atoms with Crippen molar-refractivity contribution in [2.24, 2.45) is 0 Å². The van der Waals surface area contributed by atoms with Crippen LogP contribution < -0.4 is 10.6 Å². The average molecular weight is 340 g/mol. The highest BCUT2D eigenvalue weighted by Crippen LogP contribution is 2.25. The highest BCUT2D eigenvalue weighted by molar-refractivity contribution is 6.34. The van der Waals surface area contributed by atoms with Crippen molar-refractivity contribution in [2.75, 3.05) is 23.7 Å². The number of anilines is 2. The SMILES string of the molecule is CCCCN(CCCC)C(=O)Nc1ccc(NC(C)=O)c(Cl)c1. The smallest absolute Gasteiger partial charge is 0.321 e. The quantitative estimate of drug-likeness (QED) is 0.719. The Morgan fingerprint density at radius 3 is 2.17 bits per heavy atom. The Balaban J connectivity index is 2.73. The highest BCUT2D eigenvalue weighted by Gasteiger charge is 2.13. The van der Waals surface area contributed by atoms with Gasteiger partial charge < -0.3 is 15.5 Å². The van der Waals surface area contributed by atoms with E-state index < -0.39 is 0 Å². The fourth-order valence-electron chi connectivity index (χ4n) is 2.10. The maximum absolute atomic E-state index is 12.4. The Morgan fingerprint density at radius 2 is 1.70 bits per heavy atom. The molecule has 1 aromatic rings. The van der Waals surface area contributed by atoms with Gasteiger partial charge in [0.05, 0.1) is 10.7 Å². The molecule has 0 aliphatic carbocycles. The van der Waals surface area contributed by atoms with E-state index in [9.17, 15) is 9.59 Å². The molecule has 128 valence electrons. The van der Waals surface area contributed by atoms with Crippen molar-refractivity contribution < 1.29 is 9.59 Å². The van der Waals surface area contributed by atoms with Gasteiger partial charge in [-0.3, -0.25) is 4.79 Å². The van der Waals surface area contributed by atoms with Gasteiger partial charge in [-0.05, 0) is 31.0 Å². The number of rotatable bonds is 8. The van der Waals surface area contributed by atoms with Crippen molar-refractivity contribution in [1.82, 2.24) is 4.90 Å². The Hall–Kier alpha value is -1.75. The van der Waals surface area contributed by atoms with Crippen molar-refractivity contribution in [2.45, 2.75) is 46.5 Å². The summed E-state index contributed by atoms with van der Waals surface area (Å²) in [6.45, 7) is 7.14. The van der Waals surface area contributed by atoms with Gasteiger partial charge in [0.1, 0.15) is 0 Å². The number of carbonyl (C=O) groups excluding carboxylic acids is 2. The number of carbonyl (C=O) groups is 2. The normalized spacial score (nSPS) is 10.3. The summed E-state index contributed by atoms with van der Waals surface area (Å²) in [5, 5.41) is 5.90. The molecule has 0 atom stereocenters. The molecule has 6 heteroatoms. The van der Waals surface area contributed by atoms with Crippen LogP contribution in [0.4, 0.5) is 16.2 Å². The molecule has 0 heterocycles. The number of urea groups is 1. The Labute approximate surface area is 143 Å². The number of unbranched alkanes of at least 4 members (excludes halogenated alkanes) is 2. The molecule has 2 N–H and O–H groups in total. The molecule has 23 heavy (non-hydrogen) atoms. The van der Waals surface area contributed by atoms with Crippen LogP contribution in [0, 0.1) is 0 Å². The maximum Gasteiger partial charge on any atom is 0.321 e. The molecule has 1 rings (SSSR count). The molecular weight excluding hydrogens is 314 g/mol. The van der Waals surface area contributed by atoms with Crippen LogP contribution in [0.3, 0.4) is 0 Å². The molecule has 3 amide bonds. The summed E-state index contributed by atoms with van der Waals surface area (Å²) in [5.41, 5.74) is 1.15. The van der Waals surface area contributed by atoms with E-state index in [4.69, 9.17) is 11.6 Å². The zero-order chi connectivity index (χ0) is 17.2. The van der Waals surface area contributed by atoms with Crippen LogP contribution in [0.1, 0.15) is 46.5 Å². The molecule has 5 nitrogen and oxygen atoms in total. The largest absolute Gasteiger partial charge is 0.325 e. The molecule has 0 radical (unpaired) electrons. The number of nitrogens with zero attached hydrogens (tertiary/aromatic N) is 1. The van der Waals surface area contributed by atoms with Crippen LogP contribution in [0.15, 0.2) is 18.2 Å². The predicted octanol–water partition coefficient (Wildman–Crippen LogP) is 4.73. The lowest BCUT2D eigenvalue weighted by atomic mass is 10.2. The van der Waals surface area contributed by atoms with Gasteiger partial charge in [0.25, 0.3) is 0 Å². The standard InChI is InChI=1S/C17H26ClN3O2/c1-4-6-10-21(11-7-5-2)17(23)20-14-8-9-16(15(18)12-14)19-13(3)22/h8-9,12H,4-7,10-11H2,1-3H3,(H,19,22)(H,20,23). The molecule has 0 bridgehead atoms. The van der Waals surface area contributed by atoms with Gasteiger partial charge in [-0.25, -0.2) is 4.79 Å². The number of hydrogen-bond donors (Lipinski definition) is 2. The summed E-state index contributed by atoms with van der Waals surface area (Å²) in [5.74, 6) is -0.186. The summed E-state index contributed by atoms with van der Waals surface area (Å²) in [6.07, 6.45) is 4.07. The van der Waals surface area contributed by atoms with Crippen molar-refractivity contribution in [3.05, 3.63) is 23.2 Å². The first-order valence-electron chi connectivity index (χ1n) is 8.11. The highest BCUT2D eigenvalue weighted by atomic mass is 35.5. The zero-order valence-electron chi connectivity index (χ0n) is 14.1. The van der Waals surface area contributed by atoms with Gasteiger partial charge in [0, 0.05) is 25.7 Å². The van der Waals surface area contributed by atoms with E-state index in [1.54, 1.807) is 18.2 Å². The molecule has 0 aromatic heterocycles. The van der Waals surface area contributed by atoms with Crippen LogP contribution in [0.5, 0.6) is 0 Å². The molecule has 0 fully saturated rings. The average Bonchev–Trinajstić information content (AvgIpc) is 2.49. The van der Waals surface area contributed by atoms with E-state index in [0.29, 0.717) is 16.4 Å². The number of benzene rings is 1. The minimum Gasteiger partial charge on any atom is -0.325 e. The Morgan fingerprint density at radius 1 is 1.09 bits per heavy atom. The van der Waals surface area contributed by atoms with Crippen molar-refractivity contribution >= 4 is 34.9 Å². The van der Waals surface area contributed by atoms with Gasteiger partial charge >= 0.3 is 6.03 Å². The van der Waals surface area contributed by atoms with Crippen LogP contribution in [0.2, 0.25) is 5.02 Å². The number of hydrogen-bond acceptors (Lipinski definition) is 2. The second kappa shape index (κ2) is 10.1. The molecule has 0 aliphatic rings. The van der Waals surface area contributed by atoms with E-state index >= 15 is 0 Å². The minimum absolute atomic E-state index is 0.116. The summed E-state index contributed by atoms with van der Waals surface area (Å²) in [4.78, 5) is 25.3. The number of nitrogens with one attached hydrogen (secondary N) is 2. The van der Waals surface area contributed by atoms with Gasteiger partial charge in [0.15, 0.2) is 0 Å². The second-order valence-corrected chi connectivity index (χ2v) is 5.91. The first kappa shape index (κ1) is 19.3. The zero-order valence-corrected chi connectivity index (χ0v) is 14.9. The van der Waals surface area contributed by atoms with Crippen LogP contribution >= 0.6 is 11.6 Å². The lowest BCUT2D eigenvalue weighted by molar-refractivity contribution is -0.114. The number of amides is 3. The molecule has 0 unspecified atom stereocenters. The Bertz CT molecular complexity index is 527. The maximum atomic E-state index is 12.4. The first-order valence-corrected chi connectivity index (χ1v) is 8.48. The van der Waals surface area contributed by atoms with Gasteiger partial charge in [-0.2, -0.15) is 0 Å². The van der Waals surface area contributed by atoms with Crippen LogP contribution in [0.25, 0.3) is 0 Å². The third kappa shape index (κ3) is 6.91. The lowest BCUT2D eigenvalue weighted by Crippen LogP contribution is -2.36. The summed E-state index contributed by atoms with van der Waals surface area (Å²) >= 11 is 6.12. The number of halogens is 1. The Kier molecular flexibility index (Phi) is 8.48. The molecule has 0 spiro atoms. The molecule has 0 aliphatic heterocycles. The minimum atomic E-state index is -0.186. The van der Waals surface area contributed by atoms with Gasteiger partial charge in [-0.15, -0.1) is 0 Å². The van der Waals surface area contributed by atoms with E-state index in [0.717, 1.165) is 38.8 Å². The van der Waals surface area contributed by atoms with Crippen LogP contribution in [-0.2, 0) is 4.79 Å². The van der Waals surface area contributed by atoms with Crippen molar-refractivity contribution in [1.29, 1.82) is 0 Å². The van der Waals surface area contributed by atoms with Gasteiger partial charge in [-0.1, -0.05) is 38.3 Å². The third-order valence-electron chi connectivity index (χ3n) is 3.38. The van der Waals surface area contributed by atoms with E-state index in [1.165, 1.54) is 6.92 Å². The lowest BCUT2D eigenvalue weighted by Gasteiger charge is -2.23. The monoisotopic (exact) mass is 339 g/mol. The fourth-order valence-corrected chi connectivity index (χ4v) is 2.33. The van der Waals surface area contributed by atoms with Crippen molar-refractivity contribution in [3.8, 4) is 0 Å². The van der Waals surface area contributed by atoms with E-state index in [-0.39, 0.29) is 11.9 Å². The summed E-state index contributed by atoms with van der Waals surface area (Å²) in [6, 6.07) is 4.94. The second-order valence-electron chi connectivity index (χ2n) is 5.50. The summed E-state index contributed by atoms with van der Waals surface area (Å²) < 4.78 is 0. The molecular formula is C17H26ClN3O2. The van der Waals surface area contributed by atoms with Crippen LogP contribution in [-0.4, -0.2) is 29.9 Å². The van der Waals surface area contributed by atoms with Gasteiger partial charge in [0.2, 0.25) is 5.91 Å². The summed E-state index contributed by atoms with van der Waals surface area (Å²) in [7, 11) is 0. The topological polar surface area (TPSA) is 61.4 Å².